The smallest absolute Gasteiger partial charge is 0.408 e. The monoisotopic (exact) mass is 471 g/mol. The molecule has 0 saturated carbocycles. The fourth-order valence-corrected chi connectivity index (χ4v) is 4.26. The molecular formula is C24H30ClN5O3. The van der Waals surface area contributed by atoms with Crippen LogP contribution in [-0.2, 0) is 4.74 Å². The molecule has 1 amide bonds. The summed E-state index contributed by atoms with van der Waals surface area (Å²) in [5.41, 5.74) is 1.84. The number of rotatable bonds is 4. The van der Waals surface area contributed by atoms with Gasteiger partial charge >= 0.3 is 6.09 Å². The first-order valence-electron chi connectivity index (χ1n) is 11.0. The van der Waals surface area contributed by atoms with E-state index >= 15 is 0 Å². The van der Waals surface area contributed by atoms with Crippen LogP contribution in [0.2, 0.25) is 5.02 Å². The largest absolute Gasteiger partial charge is 0.495 e. The van der Waals surface area contributed by atoms with Crippen molar-refractivity contribution in [2.45, 2.75) is 51.7 Å². The lowest BCUT2D eigenvalue weighted by Gasteiger charge is -2.40. The number of ether oxygens (including phenoxy) is 2. The molecule has 4 rings (SSSR count). The van der Waals surface area contributed by atoms with Gasteiger partial charge in [-0.15, -0.1) is 0 Å². The van der Waals surface area contributed by atoms with Crippen LogP contribution >= 0.6 is 11.6 Å². The van der Waals surface area contributed by atoms with E-state index in [1.807, 2.05) is 45.2 Å². The van der Waals surface area contributed by atoms with Gasteiger partial charge in [0, 0.05) is 36.0 Å². The fourth-order valence-electron chi connectivity index (χ4n) is 4.03. The number of carbonyl (C=O) groups is 1. The second-order valence-corrected chi connectivity index (χ2v) is 10.1. The van der Waals surface area contributed by atoms with Crippen LogP contribution in [0.3, 0.4) is 0 Å². The van der Waals surface area contributed by atoms with Crippen molar-refractivity contribution in [3.05, 3.63) is 41.8 Å². The maximum absolute atomic E-state index is 12.2. The number of piperidine rings is 1. The molecule has 0 atom stereocenters. The number of nitrogens with zero attached hydrogens (tertiary/aromatic N) is 4. The van der Waals surface area contributed by atoms with Crippen LogP contribution in [0, 0.1) is 0 Å². The van der Waals surface area contributed by atoms with Crippen LogP contribution < -0.4 is 15.0 Å². The fraction of sp³-hybridized carbons (Fsp3) is 0.458. The van der Waals surface area contributed by atoms with Crippen molar-refractivity contribution in [1.29, 1.82) is 0 Å². The van der Waals surface area contributed by atoms with E-state index in [4.69, 9.17) is 26.1 Å². The lowest BCUT2D eigenvalue weighted by molar-refractivity contribution is 0.0448. The lowest BCUT2D eigenvalue weighted by Crippen LogP contribution is -2.54. The summed E-state index contributed by atoms with van der Waals surface area (Å²) in [7, 11) is 1.62. The minimum Gasteiger partial charge on any atom is -0.495 e. The summed E-state index contributed by atoms with van der Waals surface area (Å²) in [5.74, 6) is 1.59. The van der Waals surface area contributed by atoms with Gasteiger partial charge in [0.05, 0.1) is 30.0 Å². The third-order valence-corrected chi connectivity index (χ3v) is 6.11. The number of alkyl carbamates (subject to hydrolysis) is 1. The van der Waals surface area contributed by atoms with Crippen LogP contribution in [0.4, 0.5) is 10.6 Å². The Labute approximate surface area is 198 Å². The highest BCUT2D eigenvalue weighted by Crippen LogP contribution is 2.33. The second-order valence-electron chi connectivity index (χ2n) is 9.66. The van der Waals surface area contributed by atoms with Crippen LogP contribution in [0.25, 0.3) is 16.6 Å². The van der Waals surface area contributed by atoms with Crippen LogP contribution in [-0.4, -0.2) is 52.0 Å². The molecule has 3 aromatic rings. The molecule has 0 aromatic carbocycles. The molecular weight excluding hydrogens is 442 g/mol. The highest BCUT2D eigenvalue weighted by atomic mass is 35.5. The van der Waals surface area contributed by atoms with Crippen molar-refractivity contribution < 1.29 is 14.3 Å². The average Bonchev–Trinajstić information content (AvgIpc) is 3.13. The third kappa shape index (κ3) is 5.16. The van der Waals surface area contributed by atoms with Crippen molar-refractivity contribution in [1.82, 2.24) is 19.9 Å². The maximum Gasteiger partial charge on any atom is 0.408 e. The summed E-state index contributed by atoms with van der Waals surface area (Å²) in [6.45, 7) is 9.24. The summed E-state index contributed by atoms with van der Waals surface area (Å²) in [4.78, 5) is 19.2. The predicted octanol–water partition coefficient (Wildman–Crippen LogP) is 4.94. The van der Waals surface area contributed by atoms with Gasteiger partial charge in [-0.1, -0.05) is 11.6 Å². The van der Waals surface area contributed by atoms with Crippen molar-refractivity contribution in [3.63, 3.8) is 0 Å². The number of pyridine rings is 2. The molecule has 0 aliphatic carbocycles. The van der Waals surface area contributed by atoms with Crippen LogP contribution in [0.5, 0.6) is 5.75 Å². The van der Waals surface area contributed by atoms with Gasteiger partial charge in [0.15, 0.2) is 0 Å². The average molecular weight is 472 g/mol. The van der Waals surface area contributed by atoms with E-state index in [1.165, 1.54) is 0 Å². The van der Waals surface area contributed by atoms with E-state index in [0.29, 0.717) is 10.8 Å². The topological polar surface area (TPSA) is 81.0 Å². The Morgan fingerprint density at radius 2 is 1.94 bits per heavy atom. The molecule has 1 saturated heterocycles. The highest BCUT2D eigenvalue weighted by Gasteiger charge is 2.33. The Kier molecular flexibility index (Phi) is 6.14. The van der Waals surface area contributed by atoms with Crippen molar-refractivity contribution in [3.8, 4) is 16.9 Å². The Hall–Kier alpha value is -3.00. The zero-order chi connectivity index (χ0) is 23.8. The third-order valence-electron chi connectivity index (χ3n) is 5.83. The van der Waals surface area contributed by atoms with E-state index in [0.717, 1.165) is 48.4 Å². The molecule has 0 spiro atoms. The van der Waals surface area contributed by atoms with E-state index in [-0.39, 0.29) is 11.6 Å². The number of anilines is 1. The summed E-state index contributed by atoms with van der Waals surface area (Å²) < 4.78 is 12.6. The van der Waals surface area contributed by atoms with Crippen molar-refractivity contribution >= 4 is 29.0 Å². The molecule has 9 heteroatoms. The minimum absolute atomic E-state index is 0.302. The quantitative estimate of drug-likeness (QED) is 0.580. The van der Waals surface area contributed by atoms with E-state index in [1.54, 1.807) is 24.0 Å². The number of aromatic nitrogens is 3. The molecule has 1 aliphatic heterocycles. The zero-order valence-electron chi connectivity index (χ0n) is 19.7. The first-order chi connectivity index (χ1) is 15.6. The Morgan fingerprint density at radius 3 is 2.55 bits per heavy atom. The van der Waals surface area contributed by atoms with Crippen LogP contribution in [0.15, 0.2) is 36.8 Å². The summed E-state index contributed by atoms with van der Waals surface area (Å²) >= 11 is 6.38. The summed E-state index contributed by atoms with van der Waals surface area (Å²) in [6, 6.07) is 5.99. The Morgan fingerprint density at radius 1 is 1.21 bits per heavy atom. The van der Waals surface area contributed by atoms with Gasteiger partial charge < -0.3 is 19.7 Å². The number of nitrogens with one attached hydrogen (secondary N) is 1. The van der Waals surface area contributed by atoms with E-state index in [2.05, 4.69) is 22.2 Å². The first-order valence-corrected chi connectivity index (χ1v) is 11.4. The van der Waals surface area contributed by atoms with Gasteiger partial charge in [-0.3, -0.25) is 0 Å². The van der Waals surface area contributed by atoms with Gasteiger partial charge in [0.2, 0.25) is 0 Å². The summed E-state index contributed by atoms with van der Waals surface area (Å²) in [6.07, 6.45) is 6.50. The Balaban J connectivity index is 1.47. The first kappa shape index (κ1) is 23.2. The zero-order valence-corrected chi connectivity index (χ0v) is 20.4. The normalized spacial score (nSPS) is 16.0. The number of fused-ring (bicyclic) bond motifs is 1. The SMILES string of the molecule is COc1cc(-c2ccc(N3CCC(C)(NC(=O)OC(C)(C)C)CC3)nc2)c2c(Cl)cnn2c1. The molecule has 0 radical (unpaired) electrons. The number of hydrogen-bond acceptors (Lipinski definition) is 6. The number of carbonyl (C=O) groups excluding carboxylic acids is 1. The van der Waals surface area contributed by atoms with Gasteiger partial charge in [-0.25, -0.2) is 14.3 Å². The molecule has 4 heterocycles. The van der Waals surface area contributed by atoms with Gasteiger partial charge in [-0.2, -0.15) is 5.10 Å². The highest BCUT2D eigenvalue weighted by molar-refractivity contribution is 6.34. The molecule has 1 aliphatic rings. The molecule has 0 unspecified atom stereocenters. The number of hydrogen-bond donors (Lipinski definition) is 1. The number of amides is 1. The molecule has 176 valence electrons. The van der Waals surface area contributed by atoms with Gasteiger partial charge in [0.25, 0.3) is 0 Å². The van der Waals surface area contributed by atoms with Crippen molar-refractivity contribution in [2.24, 2.45) is 0 Å². The second kappa shape index (κ2) is 8.74. The van der Waals surface area contributed by atoms with Gasteiger partial charge in [-0.05, 0) is 58.7 Å². The molecule has 1 N–H and O–H groups in total. The molecule has 1 fully saturated rings. The number of halogens is 1. The molecule has 3 aromatic heterocycles. The predicted molar refractivity (Wildman–Crippen MR) is 129 cm³/mol. The molecule has 8 nitrogen and oxygen atoms in total. The minimum atomic E-state index is -0.512. The van der Waals surface area contributed by atoms with Gasteiger partial charge in [0.1, 0.15) is 17.2 Å². The molecule has 0 bridgehead atoms. The van der Waals surface area contributed by atoms with E-state index in [9.17, 15) is 4.79 Å². The number of methoxy groups -OCH3 is 1. The standard InChI is InChI=1S/C24H30ClN5O3/c1-23(2,3)33-22(31)28-24(4)8-10-29(11-9-24)20-7-6-16(13-26-20)18-12-17(32-5)15-30-21(18)19(25)14-27-30/h6-7,12-15H,8-11H2,1-5H3,(H,28,31). The van der Waals surface area contributed by atoms with Crippen molar-refractivity contribution in [2.75, 3.05) is 25.1 Å². The van der Waals surface area contributed by atoms with Crippen LogP contribution in [0.1, 0.15) is 40.5 Å². The van der Waals surface area contributed by atoms with E-state index < -0.39 is 5.60 Å². The lowest BCUT2D eigenvalue weighted by atomic mass is 9.90. The summed E-state index contributed by atoms with van der Waals surface area (Å²) in [5, 5.41) is 7.91. The Bertz CT molecular complexity index is 1150. The maximum atomic E-state index is 12.2. The molecule has 33 heavy (non-hydrogen) atoms.